The van der Waals surface area contributed by atoms with E-state index < -0.39 is 18.2 Å². The number of aromatic nitrogens is 1. The molecule has 1 rings (SSSR count). The molecule has 0 unspecified atom stereocenters. The third-order valence-corrected chi connectivity index (χ3v) is 1.62. The predicted octanol–water partition coefficient (Wildman–Crippen LogP) is 2.80. The molecule has 0 saturated carbocycles. The van der Waals surface area contributed by atoms with Gasteiger partial charge in [0.05, 0.1) is 5.56 Å². The van der Waals surface area contributed by atoms with Crippen molar-refractivity contribution in [3.8, 4) is 0 Å². The predicted molar refractivity (Wildman–Crippen MR) is 39.1 cm³/mol. The van der Waals surface area contributed by atoms with Crippen LogP contribution in [0.25, 0.3) is 0 Å². The lowest BCUT2D eigenvalue weighted by Crippen LogP contribution is -2.16. The molecule has 66 valence electrons. The minimum Gasteiger partial charge on any atom is -0.244 e. The molecule has 0 fully saturated rings. The molecule has 0 aliphatic heterocycles. The van der Waals surface area contributed by atoms with Gasteiger partial charge >= 0.3 is 5.92 Å². The minimum atomic E-state index is -3.54. The third-order valence-electron chi connectivity index (χ3n) is 1.32. The number of halogens is 4. The standard InChI is InChI=1S/C7H5ClF3N/c8-6-5(2-1-3-12-6)7(10,11)4-9/h1-3H,4H2. The highest BCUT2D eigenvalue weighted by atomic mass is 35.5. The molecule has 0 radical (unpaired) electrons. The van der Waals surface area contributed by atoms with Gasteiger partial charge in [-0.2, -0.15) is 8.78 Å². The molecule has 1 heterocycles. The maximum Gasteiger partial charge on any atom is 0.303 e. The van der Waals surface area contributed by atoms with Gasteiger partial charge in [0.25, 0.3) is 0 Å². The number of pyridine rings is 1. The fourth-order valence-corrected chi connectivity index (χ4v) is 0.988. The van der Waals surface area contributed by atoms with Crippen LogP contribution in [-0.2, 0) is 5.92 Å². The molecule has 5 heteroatoms. The van der Waals surface area contributed by atoms with Crippen molar-refractivity contribution in [3.05, 3.63) is 29.0 Å². The number of hydrogen-bond donors (Lipinski definition) is 0. The fraction of sp³-hybridized carbons (Fsp3) is 0.286. The Bertz CT molecular complexity index is 277. The summed E-state index contributed by atoms with van der Waals surface area (Å²) in [4.78, 5) is 3.41. The molecule has 1 aromatic rings. The molecule has 1 nitrogen and oxygen atoms in total. The van der Waals surface area contributed by atoms with E-state index in [1.54, 1.807) is 0 Å². The van der Waals surface area contributed by atoms with Crippen LogP contribution >= 0.6 is 11.6 Å². The van der Waals surface area contributed by atoms with Gasteiger partial charge in [-0.05, 0) is 12.1 Å². The third kappa shape index (κ3) is 1.69. The normalized spacial score (nSPS) is 11.7. The summed E-state index contributed by atoms with van der Waals surface area (Å²) in [6.07, 6.45) is 1.26. The number of hydrogen-bond acceptors (Lipinski definition) is 1. The van der Waals surface area contributed by atoms with E-state index in [0.717, 1.165) is 6.07 Å². The maximum atomic E-state index is 12.6. The van der Waals surface area contributed by atoms with E-state index in [-0.39, 0.29) is 5.15 Å². The Balaban J connectivity index is 3.10. The van der Waals surface area contributed by atoms with Gasteiger partial charge in [-0.1, -0.05) is 11.6 Å². The molecular weight excluding hydrogens is 191 g/mol. The van der Waals surface area contributed by atoms with Gasteiger partial charge in [0.15, 0.2) is 6.67 Å². The monoisotopic (exact) mass is 195 g/mol. The second-order valence-corrected chi connectivity index (χ2v) is 2.54. The Morgan fingerprint density at radius 1 is 1.50 bits per heavy atom. The van der Waals surface area contributed by atoms with Crippen molar-refractivity contribution in [2.24, 2.45) is 0 Å². The van der Waals surface area contributed by atoms with Crippen molar-refractivity contribution < 1.29 is 13.2 Å². The molecule has 0 aliphatic carbocycles. The largest absolute Gasteiger partial charge is 0.303 e. The second-order valence-electron chi connectivity index (χ2n) is 2.18. The summed E-state index contributed by atoms with van der Waals surface area (Å²) in [5, 5.41) is -0.361. The molecule has 12 heavy (non-hydrogen) atoms. The first kappa shape index (κ1) is 9.32. The summed E-state index contributed by atoms with van der Waals surface area (Å²) in [7, 11) is 0. The molecule has 0 amide bonds. The molecule has 0 spiro atoms. The molecule has 0 N–H and O–H groups in total. The van der Waals surface area contributed by atoms with Crippen LogP contribution in [0.5, 0.6) is 0 Å². The van der Waals surface area contributed by atoms with Crippen LogP contribution in [0.3, 0.4) is 0 Å². The Kier molecular flexibility index (Phi) is 2.57. The van der Waals surface area contributed by atoms with Crippen LogP contribution in [-0.4, -0.2) is 11.7 Å². The van der Waals surface area contributed by atoms with Gasteiger partial charge in [0.2, 0.25) is 0 Å². The second kappa shape index (κ2) is 3.31. The molecular formula is C7H5ClF3N. The van der Waals surface area contributed by atoms with Crippen molar-refractivity contribution in [1.29, 1.82) is 0 Å². The molecule has 0 aliphatic rings. The highest BCUT2D eigenvalue weighted by Gasteiger charge is 2.34. The highest BCUT2D eigenvalue weighted by Crippen LogP contribution is 2.32. The van der Waals surface area contributed by atoms with Crippen LogP contribution in [0.2, 0.25) is 5.15 Å². The summed E-state index contributed by atoms with van der Waals surface area (Å²) in [5.41, 5.74) is -0.575. The summed E-state index contributed by atoms with van der Waals surface area (Å²) in [5.74, 6) is -3.54. The zero-order valence-corrected chi connectivity index (χ0v) is 6.65. The van der Waals surface area contributed by atoms with Crippen LogP contribution in [0, 0.1) is 0 Å². The minimum absolute atomic E-state index is 0.361. The van der Waals surface area contributed by atoms with E-state index in [4.69, 9.17) is 11.6 Å². The quantitative estimate of drug-likeness (QED) is 0.662. The lowest BCUT2D eigenvalue weighted by atomic mass is 10.2. The smallest absolute Gasteiger partial charge is 0.244 e. The van der Waals surface area contributed by atoms with Crippen molar-refractivity contribution in [3.63, 3.8) is 0 Å². The fourth-order valence-electron chi connectivity index (χ4n) is 0.731. The first-order valence-corrected chi connectivity index (χ1v) is 3.50. The molecule has 1 aromatic heterocycles. The Hall–Kier alpha value is -0.770. The van der Waals surface area contributed by atoms with Gasteiger partial charge < -0.3 is 0 Å². The summed E-state index contributed by atoms with van der Waals surface area (Å²) >= 11 is 5.33. The number of alkyl halides is 3. The molecule has 0 aromatic carbocycles. The van der Waals surface area contributed by atoms with E-state index in [0.29, 0.717) is 0 Å². The Morgan fingerprint density at radius 3 is 2.67 bits per heavy atom. The van der Waals surface area contributed by atoms with Crippen LogP contribution < -0.4 is 0 Å². The van der Waals surface area contributed by atoms with Crippen molar-refractivity contribution in [2.45, 2.75) is 5.92 Å². The first-order valence-electron chi connectivity index (χ1n) is 3.12. The van der Waals surface area contributed by atoms with E-state index in [9.17, 15) is 13.2 Å². The van der Waals surface area contributed by atoms with Gasteiger partial charge in [0, 0.05) is 6.20 Å². The average molecular weight is 196 g/mol. The lowest BCUT2D eigenvalue weighted by molar-refractivity contribution is -0.0282. The molecule has 0 bridgehead atoms. The topological polar surface area (TPSA) is 12.9 Å². The van der Waals surface area contributed by atoms with Crippen LogP contribution in [0.15, 0.2) is 18.3 Å². The van der Waals surface area contributed by atoms with E-state index >= 15 is 0 Å². The Labute approximate surface area is 72.2 Å². The van der Waals surface area contributed by atoms with Crippen molar-refractivity contribution in [1.82, 2.24) is 4.98 Å². The summed E-state index contributed by atoms with van der Waals surface area (Å²) < 4.78 is 37.1. The highest BCUT2D eigenvalue weighted by molar-refractivity contribution is 6.30. The van der Waals surface area contributed by atoms with Crippen molar-refractivity contribution in [2.75, 3.05) is 6.67 Å². The van der Waals surface area contributed by atoms with Crippen molar-refractivity contribution >= 4 is 11.6 Å². The summed E-state index contributed by atoms with van der Waals surface area (Å²) in [6, 6.07) is 2.33. The number of nitrogens with zero attached hydrogens (tertiary/aromatic N) is 1. The van der Waals surface area contributed by atoms with Gasteiger partial charge in [0.1, 0.15) is 5.15 Å². The van der Waals surface area contributed by atoms with Crippen LogP contribution in [0.4, 0.5) is 13.2 Å². The Morgan fingerprint density at radius 2 is 2.17 bits per heavy atom. The SMILES string of the molecule is FCC(F)(F)c1cccnc1Cl. The van der Waals surface area contributed by atoms with E-state index in [1.165, 1.54) is 12.3 Å². The van der Waals surface area contributed by atoms with Gasteiger partial charge in [-0.25, -0.2) is 9.37 Å². The zero-order valence-electron chi connectivity index (χ0n) is 5.90. The van der Waals surface area contributed by atoms with E-state index in [1.807, 2.05) is 0 Å². The maximum absolute atomic E-state index is 12.6. The number of rotatable bonds is 2. The average Bonchev–Trinajstić information content (AvgIpc) is 2.05. The van der Waals surface area contributed by atoms with E-state index in [2.05, 4.69) is 4.98 Å². The zero-order chi connectivity index (χ0) is 9.19. The summed E-state index contributed by atoms with van der Waals surface area (Å²) in [6.45, 7) is -1.77. The lowest BCUT2D eigenvalue weighted by Gasteiger charge is -2.12. The molecule has 0 atom stereocenters. The molecule has 0 saturated heterocycles. The van der Waals surface area contributed by atoms with Crippen LogP contribution in [0.1, 0.15) is 5.56 Å². The van der Waals surface area contributed by atoms with Gasteiger partial charge in [-0.15, -0.1) is 0 Å². The van der Waals surface area contributed by atoms with Gasteiger partial charge in [-0.3, -0.25) is 0 Å². The first-order chi connectivity index (χ1) is 5.58.